The molecule has 1 aromatic carbocycles. The second-order valence-corrected chi connectivity index (χ2v) is 5.96. The van der Waals surface area contributed by atoms with Crippen molar-refractivity contribution < 1.29 is 9.53 Å². The minimum Gasteiger partial charge on any atom is -0.456 e. The Morgan fingerprint density at radius 2 is 2.12 bits per heavy atom. The van der Waals surface area contributed by atoms with Gasteiger partial charge in [-0.1, -0.05) is 6.92 Å². The molecule has 1 saturated heterocycles. The van der Waals surface area contributed by atoms with Gasteiger partial charge in [-0.05, 0) is 55.8 Å². The number of nitrogens with zero attached hydrogens (tertiary/aromatic N) is 2. The molecule has 126 valence electrons. The zero-order valence-corrected chi connectivity index (χ0v) is 13.9. The smallest absolute Gasteiger partial charge is 0.254 e. The van der Waals surface area contributed by atoms with Crippen molar-refractivity contribution in [1.29, 1.82) is 0 Å². The van der Waals surface area contributed by atoms with Crippen molar-refractivity contribution in [3.05, 3.63) is 54.4 Å². The van der Waals surface area contributed by atoms with Crippen LogP contribution in [0.2, 0.25) is 0 Å². The third-order valence-electron chi connectivity index (χ3n) is 4.17. The highest BCUT2D eigenvalue weighted by molar-refractivity contribution is 5.94. The van der Waals surface area contributed by atoms with Crippen LogP contribution in [-0.4, -0.2) is 41.5 Å². The number of hydrogen-bond donors (Lipinski definition) is 1. The van der Waals surface area contributed by atoms with E-state index in [1.54, 1.807) is 12.4 Å². The highest BCUT2D eigenvalue weighted by Gasteiger charge is 2.26. The number of rotatable bonds is 6. The highest BCUT2D eigenvalue weighted by Crippen LogP contribution is 2.22. The monoisotopic (exact) mass is 325 g/mol. The lowest BCUT2D eigenvalue weighted by Crippen LogP contribution is -2.42. The molecule has 24 heavy (non-hydrogen) atoms. The Bertz CT molecular complexity index is 652. The summed E-state index contributed by atoms with van der Waals surface area (Å²) in [4.78, 5) is 18.9. The van der Waals surface area contributed by atoms with Crippen molar-refractivity contribution in [2.75, 3.05) is 19.6 Å². The number of pyridine rings is 1. The van der Waals surface area contributed by atoms with E-state index in [9.17, 15) is 4.79 Å². The summed E-state index contributed by atoms with van der Waals surface area (Å²) in [6, 6.07) is 11.3. The lowest BCUT2D eigenvalue weighted by Gasteiger charge is -2.28. The van der Waals surface area contributed by atoms with Gasteiger partial charge < -0.3 is 15.0 Å². The Morgan fingerprint density at radius 1 is 1.29 bits per heavy atom. The number of hydrogen-bond acceptors (Lipinski definition) is 4. The number of benzene rings is 1. The van der Waals surface area contributed by atoms with E-state index in [-0.39, 0.29) is 5.91 Å². The molecule has 1 aromatic heterocycles. The summed E-state index contributed by atoms with van der Waals surface area (Å²) < 4.78 is 5.72. The zero-order valence-electron chi connectivity index (χ0n) is 13.9. The van der Waals surface area contributed by atoms with E-state index in [1.165, 1.54) is 0 Å². The SMILES string of the molecule is CCCN(C(=O)c1ccc(Oc2cccnc2)cc1)C1CCNC1. The van der Waals surface area contributed by atoms with E-state index in [2.05, 4.69) is 17.2 Å². The van der Waals surface area contributed by atoms with E-state index in [1.807, 2.05) is 41.3 Å². The lowest BCUT2D eigenvalue weighted by atomic mass is 10.1. The zero-order chi connectivity index (χ0) is 16.8. The Kier molecular flexibility index (Phi) is 5.43. The highest BCUT2D eigenvalue weighted by atomic mass is 16.5. The molecular formula is C19H23N3O2. The second-order valence-electron chi connectivity index (χ2n) is 5.96. The van der Waals surface area contributed by atoms with E-state index in [0.717, 1.165) is 32.5 Å². The van der Waals surface area contributed by atoms with Gasteiger partial charge in [0.1, 0.15) is 11.5 Å². The number of ether oxygens (including phenoxy) is 1. The van der Waals surface area contributed by atoms with Crippen molar-refractivity contribution in [1.82, 2.24) is 15.2 Å². The Labute approximate surface area is 142 Å². The van der Waals surface area contributed by atoms with Gasteiger partial charge in [0, 0.05) is 30.9 Å². The predicted molar refractivity (Wildman–Crippen MR) is 93.4 cm³/mol. The summed E-state index contributed by atoms with van der Waals surface area (Å²) in [7, 11) is 0. The van der Waals surface area contributed by atoms with Crippen LogP contribution < -0.4 is 10.1 Å². The maximum absolute atomic E-state index is 12.8. The normalized spacial score (nSPS) is 16.8. The van der Waals surface area contributed by atoms with Crippen LogP contribution in [0.3, 0.4) is 0 Å². The number of nitrogens with one attached hydrogen (secondary N) is 1. The van der Waals surface area contributed by atoms with Crippen molar-refractivity contribution in [2.24, 2.45) is 0 Å². The fourth-order valence-corrected chi connectivity index (χ4v) is 2.97. The van der Waals surface area contributed by atoms with Crippen molar-refractivity contribution >= 4 is 5.91 Å². The van der Waals surface area contributed by atoms with Crippen LogP contribution in [-0.2, 0) is 0 Å². The van der Waals surface area contributed by atoms with Crippen LogP contribution in [0.5, 0.6) is 11.5 Å². The molecule has 0 bridgehead atoms. The molecule has 5 heteroatoms. The van der Waals surface area contributed by atoms with Crippen LogP contribution in [0.4, 0.5) is 0 Å². The van der Waals surface area contributed by atoms with Gasteiger partial charge in [0.2, 0.25) is 0 Å². The van der Waals surface area contributed by atoms with E-state index < -0.39 is 0 Å². The van der Waals surface area contributed by atoms with Gasteiger partial charge in [-0.25, -0.2) is 0 Å². The minimum atomic E-state index is 0.0958. The first-order chi connectivity index (χ1) is 11.8. The van der Waals surface area contributed by atoms with Crippen molar-refractivity contribution in [2.45, 2.75) is 25.8 Å². The van der Waals surface area contributed by atoms with Gasteiger partial charge in [-0.2, -0.15) is 0 Å². The molecule has 0 aliphatic carbocycles. The number of amides is 1. The molecule has 1 amide bonds. The van der Waals surface area contributed by atoms with Crippen molar-refractivity contribution in [3.8, 4) is 11.5 Å². The van der Waals surface area contributed by atoms with Crippen LogP contribution in [0.15, 0.2) is 48.8 Å². The molecule has 1 aliphatic rings. The quantitative estimate of drug-likeness (QED) is 0.887. The first-order valence-electron chi connectivity index (χ1n) is 8.47. The molecule has 2 heterocycles. The van der Waals surface area contributed by atoms with E-state index in [0.29, 0.717) is 23.1 Å². The third-order valence-corrected chi connectivity index (χ3v) is 4.17. The summed E-state index contributed by atoms with van der Waals surface area (Å²) in [6.45, 7) is 4.76. The number of carbonyl (C=O) groups is 1. The molecule has 2 aromatic rings. The second kappa shape index (κ2) is 7.93. The first kappa shape index (κ1) is 16.5. The maximum Gasteiger partial charge on any atom is 0.254 e. The molecule has 5 nitrogen and oxygen atoms in total. The van der Waals surface area contributed by atoms with Gasteiger partial charge in [0.05, 0.1) is 6.20 Å². The van der Waals surface area contributed by atoms with Gasteiger partial charge in [0.25, 0.3) is 5.91 Å². The fraction of sp³-hybridized carbons (Fsp3) is 0.368. The molecule has 0 saturated carbocycles. The molecule has 1 N–H and O–H groups in total. The Balaban J connectivity index is 1.70. The van der Waals surface area contributed by atoms with Crippen molar-refractivity contribution in [3.63, 3.8) is 0 Å². The standard InChI is InChI=1S/C19H23N3O2/c1-2-12-22(16-9-11-21-13-16)19(23)15-5-7-17(8-6-15)24-18-4-3-10-20-14-18/h3-8,10,14,16,21H,2,9,11-13H2,1H3. The summed E-state index contributed by atoms with van der Waals surface area (Å²) in [6.07, 6.45) is 5.35. The van der Waals surface area contributed by atoms with Gasteiger partial charge in [-0.3, -0.25) is 9.78 Å². The van der Waals surface area contributed by atoms with E-state index >= 15 is 0 Å². The van der Waals surface area contributed by atoms with Crippen LogP contribution in [0.1, 0.15) is 30.1 Å². The molecule has 1 aliphatic heterocycles. The number of aromatic nitrogens is 1. The van der Waals surface area contributed by atoms with Crippen LogP contribution in [0, 0.1) is 0 Å². The Hall–Kier alpha value is -2.40. The molecular weight excluding hydrogens is 302 g/mol. The summed E-state index contributed by atoms with van der Waals surface area (Å²) in [5.41, 5.74) is 0.703. The average molecular weight is 325 g/mol. The largest absolute Gasteiger partial charge is 0.456 e. The minimum absolute atomic E-state index is 0.0958. The molecule has 1 unspecified atom stereocenters. The molecule has 1 atom stereocenters. The van der Waals surface area contributed by atoms with Gasteiger partial charge >= 0.3 is 0 Å². The third kappa shape index (κ3) is 3.92. The number of carbonyl (C=O) groups excluding carboxylic acids is 1. The summed E-state index contributed by atoms with van der Waals surface area (Å²) >= 11 is 0. The Morgan fingerprint density at radius 3 is 2.75 bits per heavy atom. The van der Waals surface area contributed by atoms with E-state index in [4.69, 9.17) is 4.74 Å². The maximum atomic E-state index is 12.8. The summed E-state index contributed by atoms with van der Waals surface area (Å²) in [5, 5.41) is 3.33. The first-order valence-corrected chi connectivity index (χ1v) is 8.47. The molecule has 3 rings (SSSR count). The van der Waals surface area contributed by atoms with Crippen LogP contribution in [0.25, 0.3) is 0 Å². The van der Waals surface area contributed by atoms with Gasteiger partial charge in [-0.15, -0.1) is 0 Å². The van der Waals surface area contributed by atoms with Crippen LogP contribution >= 0.6 is 0 Å². The predicted octanol–water partition coefficient (Wildman–Crippen LogP) is 3.09. The average Bonchev–Trinajstić information content (AvgIpc) is 3.15. The molecule has 0 radical (unpaired) electrons. The molecule has 0 spiro atoms. The summed E-state index contributed by atoms with van der Waals surface area (Å²) in [5.74, 6) is 1.48. The van der Waals surface area contributed by atoms with Gasteiger partial charge in [0.15, 0.2) is 0 Å². The fourth-order valence-electron chi connectivity index (χ4n) is 2.97. The topological polar surface area (TPSA) is 54.5 Å². The molecule has 1 fully saturated rings. The lowest BCUT2D eigenvalue weighted by molar-refractivity contribution is 0.0692.